The predicted octanol–water partition coefficient (Wildman–Crippen LogP) is 2.88. The first-order valence-corrected chi connectivity index (χ1v) is 10.9. The van der Waals surface area contributed by atoms with E-state index in [2.05, 4.69) is 41.1 Å². The average Bonchev–Trinajstić information content (AvgIpc) is 3.07. The van der Waals surface area contributed by atoms with Gasteiger partial charge in [0.15, 0.2) is 4.77 Å². The van der Waals surface area contributed by atoms with Gasteiger partial charge < -0.3 is 9.88 Å². The zero-order valence-corrected chi connectivity index (χ0v) is 18.4. The molecule has 1 amide bonds. The molecular formula is C21H32N6OS. The SMILES string of the molecule is CC(C)C(C)NC(=O)C1CCN(Cn2ncn(CCc3ccccn3)c2=S)CC1. The van der Waals surface area contributed by atoms with E-state index in [9.17, 15) is 4.79 Å². The van der Waals surface area contributed by atoms with Crippen LogP contribution in [0.3, 0.4) is 0 Å². The second-order valence-corrected chi connectivity index (χ2v) is 8.62. The van der Waals surface area contributed by atoms with Gasteiger partial charge in [0.2, 0.25) is 5.91 Å². The number of nitrogens with one attached hydrogen (secondary N) is 1. The van der Waals surface area contributed by atoms with E-state index in [0.717, 1.165) is 49.4 Å². The maximum Gasteiger partial charge on any atom is 0.223 e. The molecule has 2 aromatic heterocycles. The minimum Gasteiger partial charge on any atom is -0.353 e. The number of hydrogen-bond donors (Lipinski definition) is 1. The molecule has 1 fully saturated rings. The number of amides is 1. The standard InChI is InChI=1S/C21H32N6OS/c1-16(2)17(3)24-20(28)18-7-11-25(12-8-18)15-27-21(29)26(14-23-27)13-9-19-6-4-5-10-22-19/h4-6,10,14,16-18H,7-9,11-13,15H2,1-3H3,(H,24,28). The number of hydrogen-bond acceptors (Lipinski definition) is 5. The van der Waals surface area contributed by atoms with Crippen LogP contribution in [0.25, 0.3) is 0 Å². The Labute approximate surface area is 178 Å². The lowest BCUT2D eigenvalue weighted by molar-refractivity contribution is -0.127. The Morgan fingerprint density at radius 3 is 2.69 bits per heavy atom. The lowest BCUT2D eigenvalue weighted by Crippen LogP contribution is -2.44. The van der Waals surface area contributed by atoms with E-state index >= 15 is 0 Å². The van der Waals surface area contributed by atoms with E-state index in [-0.39, 0.29) is 17.9 Å². The van der Waals surface area contributed by atoms with Gasteiger partial charge in [-0.05, 0) is 50.0 Å². The highest BCUT2D eigenvalue weighted by atomic mass is 32.1. The van der Waals surface area contributed by atoms with Gasteiger partial charge in [0, 0.05) is 49.9 Å². The van der Waals surface area contributed by atoms with E-state index < -0.39 is 0 Å². The second-order valence-electron chi connectivity index (χ2n) is 8.25. The van der Waals surface area contributed by atoms with Crippen LogP contribution < -0.4 is 5.32 Å². The smallest absolute Gasteiger partial charge is 0.223 e. The zero-order valence-electron chi connectivity index (χ0n) is 17.6. The van der Waals surface area contributed by atoms with Crippen molar-refractivity contribution in [1.29, 1.82) is 0 Å². The molecule has 1 atom stereocenters. The van der Waals surface area contributed by atoms with Crippen LogP contribution in [0.15, 0.2) is 30.7 Å². The monoisotopic (exact) mass is 416 g/mol. The third-order valence-corrected chi connectivity index (χ3v) is 6.24. The summed E-state index contributed by atoms with van der Waals surface area (Å²) in [6.45, 7) is 9.55. The van der Waals surface area contributed by atoms with Crippen molar-refractivity contribution in [2.75, 3.05) is 13.1 Å². The van der Waals surface area contributed by atoms with Gasteiger partial charge in [-0.1, -0.05) is 19.9 Å². The molecule has 1 aliphatic heterocycles. The van der Waals surface area contributed by atoms with E-state index in [0.29, 0.717) is 12.6 Å². The molecule has 1 unspecified atom stereocenters. The average molecular weight is 417 g/mol. The van der Waals surface area contributed by atoms with Gasteiger partial charge in [0.1, 0.15) is 6.33 Å². The normalized spacial score (nSPS) is 16.8. The molecule has 3 rings (SSSR count). The van der Waals surface area contributed by atoms with Crippen LogP contribution in [0.1, 0.15) is 39.3 Å². The Hall–Kier alpha value is -2.06. The van der Waals surface area contributed by atoms with E-state index in [1.54, 1.807) is 6.33 Å². The minimum atomic E-state index is 0.108. The molecule has 8 heteroatoms. The second kappa shape index (κ2) is 10.1. The van der Waals surface area contributed by atoms with Crippen LogP contribution in [0, 0.1) is 16.6 Å². The first-order valence-electron chi connectivity index (χ1n) is 10.5. The molecule has 0 bridgehead atoms. The third kappa shape index (κ3) is 5.96. The molecule has 29 heavy (non-hydrogen) atoms. The van der Waals surface area contributed by atoms with Crippen molar-refractivity contribution < 1.29 is 4.79 Å². The first kappa shape index (κ1) is 21.6. The minimum absolute atomic E-state index is 0.108. The molecule has 1 N–H and O–H groups in total. The Kier molecular flexibility index (Phi) is 7.55. The van der Waals surface area contributed by atoms with Crippen LogP contribution in [0.4, 0.5) is 0 Å². The summed E-state index contributed by atoms with van der Waals surface area (Å²) in [6, 6.07) is 6.16. The highest BCUT2D eigenvalue weighted by Gasteiger charge is 2.26. The van der Waals surface area contributed by atoms with Gasteiger partial charge in [-0.2, -0.15) is 5.10 Å². The number of carbonyl (C=O) groups excluding carboxylic acids is 1. The summed E-state index contributed by atoms with van der Waals surface area (Å²) in [4.78, 5) is 19.1. The first-order chi connectivity index (χ1) is 13.9. The molecule has 3 heterocycles. The lowest BCUT2D eigenvalue weighted by Gasteiger charge is -2.32. The van der Waals surface area contributed by atoms with Crippen LogP contribution in [0.2, 0.25) is 0 Å². The van der Waals surface area contributed by atoms with E-state index in [1.807, 2.05) is 33.6 Å². The zero-order chi connectivity index (χ0) is 20.8. The highest BCUT2D eigenvalue weighted by molar-refractivity contribution is 7.71. The number of piperidine rings is 1. The number of pyridine rings is 1. The van der Waals surface area contributed by atoms with E-state index in [4.69, 9.17) is 12.2 Å². The van der Waals surface area contributed by atoms with Crippen LogP contribution in [-0.2, 0) is 24.4 Å². The molecule has 1 aliphatic rings. The summed E-state index contributed by atoms with van der Waals surface area (Å²) >= 11 is 5.60. The summed E-state index contributed by atoms with van der Waals surface area (Å²) in [5.74, 6) is 0.756. The maximum atomic E-state index is 12.5. The fourth-order valence-electron chi connectivity index (χ4n) is 3.44. The van der Waals surface area contributed by atoms with Crippen molar-refractivity contribution in [2.24, 2.45) is 11.8 Å². The van der Waals surface area contributed by atoms with Gasteiger partial charge >= 0.3 is 0 Å². The van der Waals surface area contributed by atoms with E-state index in [1.165, 1.54) is 0 Å². The number of carbonyl (C=O) groups is 1. The molecule has 0 saturated carbocycles. The molecule has 0 aromatic carbocycles. The molecule has 7 nitrogen and oxygen atoms in total. The van der Waals surface area contributed by atoms with Crippen molar-refractivity contribution in [3.63, 3.8) is 0 Å². The van der Waals surface area contributed by atoms with Crippen molar-refractivity contribution in [3.8, 4) is 0 Å². The topological polar surface area (TPSA) is 68.0 Å². The highest BCUT2D eigenvalue weighted by Crippen LogP contribution is 2.18. The summed E-state index contributed by atoms with van der Waals surface area (Å²) < 4.78 is 4.60. The molecule has 0 aliphatic carbocycles. The van der Waals surface area contributed by atoms with Crippen molar-refractivity contribution in [1.82, 2.24) is 29.5 Å². The number of rotatable bonds is 8. The Morgan fingerprint density at radius 1 is 1.28 bits per heavy atom. The van der Waals surface area contributed by atoms with Crippen LogP contribution in [0.5, 0.6) is 0 Å². The van der Waals surface area contributed by atoms with Crippen LogP contribution in [-0.4, -0.2) is 49.3 Å². The Balaban J connectivity index is 1.47. The summed E-state index contributed by atoms with van der Waals surface area (Å²) in [5, 5.41) is 7.62. The molecule has 0 spiro atoms. The maximum absolute atomic E-state index is 12.5. The van der Waals surface area contributed by atoms with Gasteiger partial charge in [-0.3, -0.25) is 14.7 Å². The predicted molar refractivity (Wildman–Crippen MR) is 116 cm³/mol. The molecule has 1 saturated heterocycles. The largest absolute Gasteiger partial charge is 0.353 e. The molecular weight excluding hydrogens is 384 g/mol. The van der Waals surface area contributed by atoms with Crippen molar-refractivity contribution in [2.45, 2.75) is 59.3 Å². The van der Waals surface area contributed by atoms with Crippen molar-refractivity contribution in [3.05, 3.63) is 41.2 Å². The number of likely N-dealkylation sites (tertiary alicyclic amines) is 1. The summed E-state index contributed by atoms with van der Waals surface area (Å²) in [5.41, 5.74) is 1.05. The fourth-order valence-corrected chi connectivity index (χ4v) is 3.68. The molecule has 2 aromatic rings. The summed E-state index contributed by atoms with van der Waals surface area (Å²) in [7, 11) is 0. The van der Waals surface area contributed by atoms with Gasteiger partial charge in [-0.15, -0.1) is 0 Å². The number of aryl methyl sites for hydroxylation is 2. The van der Waals surface area contributed by atoms with Crippen molar-refractivity contribution >= 4 is 18.1 Å². The fraction of sp³-hybridized carbons (Fsp3) is 0.619. The quantitative estimate of drug-likeness (QED) is 0.670. The number of aromatic nitrogens is 4. The molecule has 0 radical (unpaired) electrons. The van der Waals surface area contributed by atoms with Gasteiger partial charge in [-0.25, -0.2) is 4.68 Å². The Morgan fingerprint density at radius 2 is 2.03 bits per heavy atom. The Bertz CT molecular complexity index is 838. The third-order valence-electron chi connectivity index (χ3n) is 5.79. The van der Waals surface area contributed by atoms with Gasteiger partial charge in [0.05, 0.1) is 6.67 Å². The summed E-state index contributed by atoms with van der Waals surface area (Å²) in [6.07, 6.45) is 6.20. The number of nitrogens with zero attached hydrogens (tertiary/aromatic N) is 5. The molecule has 158 valence electrons. The van der Waals surface area contributed by atoms with Gasteiger partial charge in [0.25, 0.3) is 0 Å². The van der Waals surface area contributed by atoms with Crippen LogP contribution >= 0.6 is 12.2 Å². The lowest BCUT2D eigenvalue weighted by atomic mass is 9.95.